The topological polar surface area (TPSA) is 38.7 Å². The summed E-state index contributed by atoms with van der Waals surface area (Å²) < 4.78 is 10.5. The molecule has 1 aliphatic carbocycles. The van der Waals surface area contributed by atoms with Crippen molar-refractivity contribution >= 4 is 0 Å². The van der Waals surface area contributed by atoms with E-state index in [4.69, 9.17) is 9.47 Å². The number of hydrogen-bond acceptors (Lipinski definition) is 3. The fourth-order valence-corrected chi connectivity index (χ4v) is 1.97. The second-order valence-electron chi connectivity index (χ2n) is 4.05. The minimum absolute atomic E-state index is 0.665. The zero-order valence-electron chi connectivity index (χ0n) is 9.33. The lowest BCUT2D eigenvalue weighted by Crippen LogP contribution is -2.09. The van der Waals surface area contributed by atoms with E-state index < -0.39 is 5.60 Å². The van der Waals surface area contributed by atoms with Crippen molar-refractivity contribution in [2.45, 2.75) is 25.4 Å². The molecule has 3 heteroatoms. The standard InChI is InChI=1S/C12H16O3/c1-8-6-9(14-2)7-10(15-3)11(8)12(13)4-5-12/h6-7,13H,4-5H2,1-3H3. The number of rotatable bonds is 3. The van der Waals surface area contributed by atoms with Crippen molar-refractivity contribution in [3.8, 4) is 11.5 Å². The van der Waals surface area contributed by atoms with Gasteiger partial charge in [0.1, 0.15) is 11.5 Å². The molecular formula is C12H16O3. The van der Waals surface area contributed by atoms with Gasteiger partial charge in [-0.2, -0.15) is 0 Å². The molecule has 15 heavy (non-hydrogen) atoms. The number of ether oxygens (including phenoxy) is 2. The number of aryl methyl sites for hydroxylation is 1. The van der Waals surface area contributed by atoms with E-state index in [2.05, 4.69) is 0 Å². The third-order valence-electron chi connectivity index (χ3n) is 2.92. The lowest BCUT2D eigenvalue weighted by Gasteiger charge is -2.17. The predicted octanol–water partition coefficient (Wildman–Crippen LogP) is 1.99. The molecule has 1 aromatic carbocycles. The molecule has 0 saturated heterocycles. The highest BCUT2D eigenvalue weighted by molar-refractivity contribution is 5.50. The van der Waals surface area contributed by atoms with Crippen molar-refractivity contribution in [3.63, 3.8) is 0 Å². The molecular weight excluding hydrogens is 192 g/mol. The van der Waals surface area contributed by atoms with Gasteiger partial charge in [-0.3, -0.25) is 0 Å². The van der Waals surface area contributed by atoms with E-state index in [1.54, 1.807) is 14.2 Å². The monoisotopic (exact) mass is 208 g/mol. The second kappa shape index (κ2) is 3.42. The first-order chi connectivity index (χ1) is 7.10. The zero-order chi connectivity index (χ0) is 11.1. The van der Waals surface area contributed by atoms with Crippen LogP contribution in [0.5, 0.6) is 11.5 Å². The van der Waals surface area contributed by atoms with Gasteiger partial charge >= 0.3 is 0 Å². The van der Waals surface area contributed by atoms with E-state index in [9.17, 15) is 5.11 Å². The van der Waals surface area contributed by atoms with E-state index >= 15 is 0 Å². The Labute approximate surface area is 89.6 Å². The van der Waals surface area contributed by atoms with Gasteiger partial charge in [0.2, 0.25) is 0 Å². The predicted molar refractivity (Wildman–Crippen MR) is 57.4 cm³/mol. The summed E-state index contributed by atoms with van der Waals surface area (Å²) >= 11 is 0. The van der Waals surface area contributed by atoms with Gasteiger partial charge in [-0.25, -0.2) is 0 Å². The van der Waals surface area contributed by atoms with E-state index in [-0.39, 0.29) is 0 Å². The van der Waals surface area contributed by atoms with Crippen LogP contribution in [0.25, 0.3) is 0 Å². The van der Waals surface area contributed by atoms with Crippen molar-refractivity contribution in [2.24, 2.45) is 0 Å². The van der Waals surface area contributed by atoms with Gasteiger partial charge in [0.05, 0.1) is 19.8 Å². The Morgan fingerprint density at radius 2 is 1.87 bits per heavy atom. The normalized spacial score (nSPS) is 17.3. The molecule has 1 N–H and O–H groups in total. The smallest absolute Gasteiger partial charge is 0.128 e. The lowest BCUT2D eigenvalue weighted by atomic mass is 10.00. The van der Waals surface area contributed by atoms with Gasteiger partial charge in [0.25, 0.3) is 0 Å². The Kier molecular flexibility index (Phi) is 2.35. The fourth-order valence-electron chi connectivity index (χ4n) is 1.97. The minimum atomic E-state index is -0.665. The molecule has 0 spiro atoms. The van der Waals surface area contributed by atoms with Crippen LogP contribution in [0.4, 0.5) is 0 Å². The summed E-state index contributed by atoms with van der Waals surface area (Å²) in [5, 5.41) is 10.1. The molecule has 1 saturated carbocycles. The summed E-state index contributed by atoms with van der Waals surface area (Å²) in [5.41, 5.74) is 1.26. The van der Waals surface area contributed by atoms with Gasteiger partial charge in [0, 0.05) is 11.6 Å². The summed E-state index contributed by atoms with van der Waals surface area (Å²) in [4.78, 5) is 0. The third-order valence-corrected chi connectivity index (χ3v) is 2.92. The van der Waals surface area contributed by atoms with Crippen LogP contribution >= 0.6 is 0 Å². The third kappa shape index (κ3) is 1.67. The van der Waals surface area contributed by atoms with Crippen LogP contribution in [-0.4, -0.2) is 19.3 Å². The van der Waals surface area contributed by atoms with Gasteiger partial charge in [-0.1, -0.05) is 0 Å². The first-order valence-electron chi connectivity index (χ1n) is 5.06. The fraction of sp³-hybridized carbons (Fsp3) is 0.500. The zero-order valence-corrected chi connectivity index (χ0v) is 9.33. The highest BCUT2D eigenvalue weighted by Crippen LogP contribution is 2.50. The maximum Gasteiger partial charge on any atom is 0.128 e. The van der Waals surface area contributed by atoms with Gasteiger partial charge in [0.15, 0.2) is 0 Å². The summed E-state index contributed by atoms with van der Waals surface area (Å²) in [6, 6.07) is 3.74. The molecule has 0 heterocycles. The van der Waals surface area contributed by atoms with Gasteiger partial charge < -0.3 is 14.6 Å². The second-order valence-corrected chi connectivity index (χ2v) is 4.05. The van der Waals surface area contributed by atoms with Crippen LogP contribution in [-0.2, 0) is 5.60 Å². The molecule has 0 bridgehead atoms. The number of hydrogen-bond donors (Lipinski definition) is 1. The van der Waals surface area contributed by atoms with Crippen LogP contribution in [0.3, 0.4) is 0 Å². The van der Waals surface area contributed by atoms with Crippen LogP contribution in [0.2, 0.25) is 0 Å². The number of benzene rings is 1. The maximum absolute atomic E-state index is 10.1. The Hall–Kier alpha value is -1.22. The molecule has 0 radical (unpaired) electrons. The molecule has 0 unspecified atom stereocenters. The van der Waals surface area contributed by atoms with E-state index in [0.29, 0.717) is 5.75 Å². The Balaban J connectivity index is 2.52. The van der Waals surface area contributed by atoms with E-state index in [1.165, 1.54) is 0 Å². The van der Waals surface area contributed by atoms with Crippen LogP contribution in [0, 0.1) is 6.92 Å². The van der Waals surface area contributed by atoms with E-state index in [0.717, 1.165) is 29.7 Å². The molecule has 0 aliphatic heterocycles. The number of methoxy groups -OCH3 is 2. The molecule has 0 aromatic heterocycles. The Morgan fingerprint density at radius 1 is 1.20 bits per heavy atom. The average molecular weight is 208 g/mol. The average Bonchev–Trinajstić information content (AvgIpc) is 2.95. The maximum atomic E-state index is 10.1. The van der Waals surface area contributed by atoms with Crippen molar-refractivity contribution in [3.05, 3.63) is 23.3 Å². The van der Waals surface area contributed by atoms with Crippen LogP contribution < -0.4 is 9.47 Å². The Bertz CT molecular complexity index is 381. The quantitative estimate of drug-likeness (QED) is 0.825. The summed E-state index contributed by atoms with van der Waals surface area (Å²) in [7, 11) is 3.24. The van der Waals surface area contributed by atoms with Crippen LogP contribution in [0.1, 0.15) is 24.0 Å². The minimum Gasteiger partial charge on any atom is -0.497 e. The molecule has 82 valence electrons. The van der Waals surface area contributed by atoms with Crippen molar-refractivity contribution in [2.75, 3.05) is 14.2 Å². The summed E-state index contributed by atoms with van der Waals surface area (Å²) in [5.74, 6) is 1.48. The van der Waals surface area contributed by atoms with Crippen LogP contribution in [0.15, 0.2) is 12.1 Å². The van der Waals surface area contributed by atoms with Crippen molar-refractivity contribution in [1.82, 2.24) is 0 Å². The van der Waals surface area contributed by atoms with Gasteiger partial charge in [-0.15, -0.1) is 0 Å². The first-order valence-corrected chi connectivity index (χ1v) is 5.06. The molecule has 0 amide bonds. The molecule has 1 fully saturated rings. The molecule has 2 rings (SSSR count). The molecule has 1 aliphatic rings. The Morgan fingerprint density at radius 3 is 2.33 bits per heavy atom. The van der Waals surface area contributed by atoms with Crippen molar-refractivity contribution < 1.29 is 14.6 Å². The lowest BCUT2D eigenvalue weighted by molar-refractivity contribution is 0.146. The largest absolute Gasteiger partial charge is 0.497 e. The molecule has 3 nitrogen and oxygen atoms in total. The number of aliphatic hydroxyl groups is 1. The highest BCUT2D eigenvalue weighted by atomic mass is 16.5. The highest BCUT2D eigenvalue weighted by Gasteiger charge is 2.45. The molecule has 1 aromatic rings. The van der Waals surface area contributed by atoms with E-state index in [1.807, 2.05) is 19.1 Å². The molecule has 0 atom stereocenters. The SMILES string of the molecule is COc1cc(C)c(C2(O)CC2)c(OC)c1. The van der Waals surface area contributed by atoms with Gasteiger partial charge in [-0.05, 0) is 31.4 Å². The van der Waals surface area contributed by atoms with Crippen molar-refractivity contribution in [1.29, 1.82) is 0 Å². The summed E-state index contributed by atoms with van der Waals surface area (Å²) in [6.07, 6.45) is 1.63. The summed E-state index contributed by atoms with van der Waals surface area (Å²) in [6.45, 7) is 1.97. The first kappa shape index (κ1) is 10.3.